The minimum absolute atomic E-state index is 0.0192. The number of carboxylic acids is 1. The van der Waals surface area contributed by atoms with Gasteiger partial charge in [0.05, 0.1) is 11.6 Å². The van der Waals surface area contributed by atoms with Gasteiger partial charge in [0.2, 0.25) is 0 Å². The molecule has 2 aromatic rings. The summed E-state index contributed by atoms with van der Waals surface area (Å²) in [7, 11) is 0. The number of phenolic OH excluding ortho intramolecular Hbond substituents is 1. The number of aromatic hydroxyl groups is 1. The Morgan fingerprint density at radius 1 is 1.23 bits per heavy atom. The van der Waals surface area contributed by atoms with Gasteiger partial charge in [0.25, 0.3) is 5.78 Å². The highest BCUT2D eigenvalue weighted by Gasteiger charge is 2.13. The van der Waals surface area contributed by atoms with Gasteiger partial charge in [-0.05, 0) is 24.3 Å². The van der Waals surface area contributed by atoms with Crippen molar-refractivity contribution >= 4 is 29.1 Å². The summed E-state index contributed by atoms with van der Waals surface area (Å²) in [5.41, 5.74) is 0.754. The number of aliphatic hydroxyl groups excluding tert-OH is 1. The lowest BCUT2D eigenvalue weighted by Crippen LogP contribution is -2.09. The van der Waals surface area contributed by atoms with E-state index in [1.165, 1.54) is 12.1 Å². The maximum Gasteiger partial charge on any atom is 0.376 e. The van der Waals surface area contributed by atoms with Gasteiger partial charge in [-0.15, -0.1) is 0 Å². The number of ketones is 1. The van der Waals surface area contributed by atoms with Crippen molar-refractivity contribution in [2.24, 2.45) is 0 Å². The summed E-state index contributed by atoms with van der Waals surface area (Å²) in [6.45, 7) is -0.0794. The highest BCUT2D eigenvalue weighted by atomic mass is 35.5. The molecule has 0 atom stereocenters. The molecule has 0 spiro atoms. The van der Waals surface area contributed by atoms with Crippen LogP contribution < -0.4 is 4.74 Å². The third-order valence-electron chi connectivity index (χ3n) is 3.29. The molecule has 0 saturated carbocycles. The Morgan fingerprint density at radius 2 is 1.96 bits per heavy atom. The molecular weight excluding hydrogens is 362 g/mol. The molecule has 0 unspecified atom stereocenters. The first-order valence-electron chi connectivity index (χ1n) is 7.14. The Hall–Kier alpha value is -3.50. The molecule has 0 saturated heterocycles. The van der Waals surface area contributed by atoms with Gasteiger partial charge >= 0.3 is 5.97 Å². The number of aliphatic carboxylic acids is 1. The molecule has 0 aromatic heterocycles. The van der Waals surface area contributed by atoms with Crippen molar-refractivity contribution in [3.63, 3.8) is 0 Å². The van der Waals surface area contributed by atoms with Crippen LogP contribution in [-0.2, 0) is 16.2 Å². The van der Waals surface area contributed by atoms with Gasteiger partial charge < -0.3 is 20.1 Å². The number of hydrogen-bond acceptors (Lipinski definition) is 6. The van der Waals surface area contributed by atoms with Crippen molar-refractivity contribution in [2.45, 2.75) is 6.61 Å². The maximum absolute atomic E-state index is 11.1. The summed E-state index contributed by atoms with van der Waals surface area (Å²) in [4.78, 5) is 21.7. The van der Waals surface area contributed by atoms with E-state index in [0.717, 1.165) is 6.07 Å². The molecule has 0 radical (unpaired) electrons. The molecule has 0 heterocycles. The molecule has 0 aliphatic carbocycles. The van der Waals surface area contributed by atoms with Crippen molar-refractivity contribution in [3.8, 4) is 17.6 Å². The van der Waals surface area contributed by atoms with Crippen LogP contribution in [0, 0.1) is 11.3 Å². The molecule has 132 valence electrons. The Labute approximate surface area is 153 Å². The molecule has 8 heteroatoms. The molecule has 2 aromatic carbocycles. The van der Waals surface area contributed by atoms with E-state index in [9.17, 15) is 19.8 Å². The third kappa shape index (κ3) is 4.53. The van der Waals surface area contributed by atoms with Crippen LogP contribution in [0.15, 0.2) is 42.5 Å². The number of carbonyl (C=O) groups is 2. The molecule has 0 bridgehead atoms. The zero-order chi connectivity index (χ0) is 19.3. The van der Waals surface area contributed by atoms with Gasteiger partial charge in [-0.25, -0.2) is 4.79 Å². The predicted molar refractivity (Wildman–Crippen MR) is 91.9 cm³/mol. The van der Waals surface area contributed by atoms with E-state index < -0.39 is 17.5 Å². The maximum atomic E-state index is 11.1. The zero-order valence-electron chi connectivity index (χ0n) is 13.1. The fourth-order valence-electron chi connectivity index (χ4n) is 2.05. The van der Waals surface area contributed by atoms with Crippen LogP contribution in [0.4, 0.5) is 0 Å². The summed E-state index contributed by atoms with van der Waals surface area (Å²) < 4.78 is 5.50. The number of rotatable bonds is 6. The smallest absolute Gasteiger partial charge is 0.376 e. The highest BCUT2D eigenvalue weighted by Crippen LogP contribution is 2.27. The quantitative estimate of drug-likeness (QED) is 0.403. The lowest BCUT2D eigenvalue weighted by molar-refractivity contribution is -0.146. The summed E-state index contributed by atoms with van der Waals surface area (Å²) in [5, 5.41) is 37.6. The molecule has 0 aliphatic heterocycles. The first-order chi connectivity index (χ1) is 12.3. The van der Waals surface area contributed by atoms with Gasteiger partial charge in [-0.1, -0.05) is 17.7 Å². The van der Waals surface area contributed by atoms with Crippen molar-refractivity contribution in [1.82, 2.24) is 0 Å². The normalized spacial score (nSPS) is 10.8. The second-order valence-corrected chi connectivity index (χ2v) is 5.49. The minimum atomic E-state index is -1.73. The van der Waals surface area contributed by atoms with Crippen LogP contribution in [0.2, 0.25) is 5.02 Å². The molecule has 26 heavy (non-hydrogen) atoms. The number of ether oxygens (including phenoxy) is 1. The van der Waals surface area contributed by atoms with Crippen molar-refractivity contribution < 1.29 is 29.6 Å². The lowest BCUT2D eigenvalue weighted by Gasteiger charge is -2.11. The standard InChI is InChI=1S/C18H12ClNO6/c19-15-3-1-2-10(8-20)14(15)9-26-13-5-11(4-12(21)6-13)16(22)7-17(23)18(24)25/h1-7,21-22H,9H2,(H,24,25). The van der Waals surface area contributed by atoms with Gasteiger partial charge in [0.15, 0.2) is 0 Å². The van der Waals surface area contributed by atoms with Gasteiger partial charge in [0.1, 0.15) is 23.9 Å². The van der Waals surface area contributed by atoms with Crippen LogP contribution in [0.3, 0.4) is 0 Å². The lowest BCUT2D eigenvalue weighted by atomic mass is 10.1. The third-order valence-corrected chi connectivity index (χ3v) is 3.64. The SMILES string of the molecule is N#Cc1cccc(Cl)c1COc1cc(O)cc(C(O)=CC(=O)C(=O)O)c1. The van der Waals surface area contributed by atoms with Crippen molar-refractivity contribution in [1.29, 1.82) is 5.26 Å². The van der Waals surface area contributed by atoms with Crippen molar-refractivity contribution in [2.75, 3.05) is 0 Å². The monoisotopic (exact) mass is 373 g/mol. The summed E-state index contributed by atoms with van der Waals surface area (Å²) in [6.07, 6.45) is 0.517. The molecule has 7 nitrogen and oxygen atoms in total. The van der Waals surface area contributed by atoms with Gasteiger partial charge in [-0.2, -0.15) is 5.26 Å². The van der Waals surface area contributed by atoms with E-state index in [1.54, 1.807) is 18.2 Å². The first kappa shape index (κ1) is 18.8. The van der Waals surface area contributed by atoms with Crippen LogP contribution in [0.1, 0.15) is 16.7 Å². The number of halogens is 1. The molecule has 0 aliphatic rings. The minimum Gasteiger partial charge on any atom is -0.508 e. The molecule has 2 rings (SSSR count). The van der Waals surface area contributed by atoms with Crippen LogP contribution in [0.5, 0.6) is 11.5 Å². The Morgan fingerprint density at radius 3 is 2.62 bits per heavy atom. The fourth-order valence-corrected chi connectivity index (χ4v) is 2.28. The fraction of sp³-hybridized carbons (Fsp3) is 0.0556. The molecular formula is C18H12ClNO6. The van der Waals surface area contributed by atoms with Crippen LogP contribution >= 0.6 is 11.6 Å². The summed E-state index contributed by atoms with van der Waals surface area (Å²) >= 11 is 6.05. The highest BCUT2D eigenvalue weighted by molar-refractivity contribution is 6.38. The number of carbonyl (C=O) groups excluding carboxylic acids is 1. The van der Waals surface area contributed by atoms with Crippen LogP contribution in [0.25, 0.3) is 5.76 Å². The average molecular weight is 374 g/mol. The summed E-state index contributed by atoms with van der Waals surface area (Å²) in [6, 6.07) is 10.5. The number of phenols is 1. The largest absolute Gasteiger partial charge is 0.508 e. The Bertz CT molecular complexity index is 945. The molecule has 0 amide bonds. The summed E-state index contributed by atoms with van der Waals surface area (Å²) in [5.74, 6) is -3.85. The Kier molecular flexibility index (Phi) is 5.83. The molecule has 0 fully saturated rings. The first-order valence-corrected chi connectivity index (χ1v) is 7.52. The Balaban J connectivity index is 2.27. The van der Waals surface area contributed by atoms with E-state index in [1.807, 2.05) is 6.07 Å². The van der Waals surface area contributed by atoms with Crippen LogP contribution in [-0.4, -0.2) is 27.1 Å². The van der Waals surface area contributed by atoms with E-state index in [4.69, 9.17) is 26.7 Å². The topological polar surface area (TPSA) is 128 Å². The average Bonchev–Trinajstić information content (AvgIpc) is 2.59. The zero-order valence-corrected chi connectivity index (χ0v) is 13.9. The number of nitriles is 1. The number of aliphatic hydroxyl groups is 1. The van der Waals surface area contributed by atoms with Gasteiger partial charge in [-0.3, -0.25) is 4.79 Å². The van der Waals surface area contributed by atoms with Crippen molar-refractivity contribution in [3.05, 3.63) is 64.2 Å². The second kappa shape index (κ2) is 8.05. The van der Waals surface area contributed by atoms with E-state index in [0.29, 0.717) is 22.2 Å². The van der Waals surface area contributed by atoms with E-state index >= 15 is 0 Å². The predicted octanol–water partition coefficient (Wildman–Crippen LogP) is 3.05. The van der Waals surface area contributed by atoms with E-state index in [2.05, 4.69) is 0 Å². The second-order valence-electron chi connectivity index (χ2n) is 5.08. The van der Waals surface area contributed by atoms with E-state index in [-0.39, 0.29) is 23.7 Å². The number of carboxylic acid groups (broad SMARTS) is 1. The van der Waals surface area contributed by atoms with Gasteiger partial charge in [0, 0.05) is 28.3 Å². The number of nitrogens with zero attached hydrogens (tertiary/aromatic N) is 1. The number of benzene rings is 2. The molecule has 3 N–H and O–H groups in total. The number of hydrogen-bond donors (Lipinski definition) is 3.